The number of aliphatic carboxylic acids is 1. The van der Waals surface area contributed by atoms with Gasteiger partial charge in [0.25, 0.3) is 0 Å². The van der Waals surface area contributed by atoms with Crippen molar-refractivity contribution in [2.75, 3.05) is 0 Å². The van der Waals surface area contributed by atoms with E-state index in [1.54, 1.807) is 6.08 Å². The average Bonchev–Trinajstić information content (AvgIpc) is 2.28. The van der Waals surface area contributed by atoms with Gasteiger partial charge in [0.15, 0.2) is 0 Å². The third-order valence-electron chi connectivity index (χ3n) is 2.16. The van der Waals surface area contributed by atoms with Gasteiger partial charge in [-0.2, -0.15) is 0 Å². The van der Waals surface area contributed by atoms with Gasteiger partial charge in [0, 0.05) is 6.92 Å². The van der Waals surface area contributed by atoms with Gasteiger partial charge in [-0.1, -0.05) is 42.5 Å². The van der Waals surface area contributed by atoms with Crippen LogP contribution in [-0.4, -0.2) is 23.0 Å². The first kappa shape index (κ1) is 13.0. The summed E-state index contributed by atoms with van der Waals surface area (Å²) in [5, 5.41) is 11.2. The van der Waals surface area contributed by atoms with E-state index in [0.717, 1.165) is 5.56 Å². The highest BCUT2D eigenvalue weighted by Crippen LogP contribution is 2.03. The predicted octanol–water partition coefficient (Wildman–Crippen LogP) is 1.68. The van der Waals surface area contributed by atoms with Crippen molar-refractivity contribution in [2.45, 2.75) is 19.4 Å². The van der Waals surface area contributed by atoms with E-state index >= 15 is 0 Å². The number of hydrogen-bond donors (Lipinski definition) is 2. The number of carbonyl (C=O) groups is 2. The monoisotopic (exact) mass is 233 g/mol. The van der Waals surface area contributed by atoms with Crippen LogP contribution < -0.4 is 5.32 Å². The zero-order valence-corrected chi connectivity index (χ0v) is 9.59. The van der Waals surface area contributed by atoms with Gasteiger partial charge in [-0.3, -0.25) is 4.79 Å². The van der Waals surface area contributed by atoms with Gasteiger partial charge in [0.2, 0.25) is 5.91 Å². The zero-order valence-electron chi connectivity index (χ0n) is 9.59. The van der Waals surface area contributed by atoms with Gasteiger partial charge in [-0.15, -0.1) is 0 Å². The van der Waals surface area contributed by atoms with Crippen LogP contribution in [0.5, 0.6) is 0 Å². The maximum Gasteiger partial charge on any atom is 0.326 e. The van der Waals surface area contributed by atoms with Crippen LogP contribution in [0.1, 0.15) is 18.9 Å². The zero-order chi connectivity index (χ0) is 12.7. The molecule has 4 heteroatoms. The molecule has 0 spiro atoms. The number of carbonyl (C=O) groups excluding carboxylic acids is 1. The van der Waals surface area contributed by atoms with Crippen molar-refractivity contribution < 1.29 is 14.7 Å². The van der Waals surface area contributed by atoms with Crippen LogP contribution in [0.25, 0.3) is 6.08 Å². The standard InChI is InChI=1S/C13H15NO3/c1-10(15)14-12(13(16)17)9-5-8-11-6-3-2-4-7-11/h2-8,12H,9H2,1H3,(H,14,15)(H,16,17)/b8-5+/t12-/m0/s1. The lowest BCUT2D eigenvalue weighted by Crippen LogP contribution is -2.39. The molecule has 0 saturated heterocycles. The van der Waals surface area contributed by atoms with E-state index in [4.69, 9.17) is 5.11 Å². The van der Waals surface area contributed by atoms with Crippen LogP contribution >= 0.6 is 0 Å². The second-order valence-electron chi connectivity index (χ2n) is 3.64. The van der Waals surface area contributed by atoms with Gasteiger partial charge in [-0.05, 0) is 12.0 Å². The minimum absolute atomic E-state index is 0.268. The summed E-state index contributed by atoms with van der Waals surface area (Å²) < 4.78 is 0. The first-order valence-corrected chi connectivity index (χ1v) is 5.31. The fourth-order valence-electron chi connectivity index (χ4n) is 1.37. The smallest absolute Gasteiger partial charge is 0.326 e. The summed E-state index contributed by atoms with van der Waals surface area (Å²) in [4.78, 5) is 21.6. The Morgan fingerprint density at radius 2 is 2.00 bits per heavy atom. The van der Waals surface area contributed by atoms with E-state index in [-0.39, 0.29) is 12.3 Å². The van der Waals surface area contributed by atoms with Crippen LogP contribution in [0, 0.1) is 0 Å². The third-order valence-corrected chi connectivity index (χ3v) is 2.16. The molecular formula is C13H15NO3. The second-order valence-corrected chi connectivity index (χ2v) is 3.64. The molecule has 0 heterocycles. The fourth-order valence-corrected chi connectivity index (χ4v) is 1.37. The van der Waals surface area contributed by atoms with Crippen molar-refractivity contribution in [3.63, 3.8) is 0 Å². The minimum Gasteiger partial charge on any atom is -0.480 e. The van der Waals surface area contributed by atoms with Crippen LogP contribution in [-0.2, 0) is 9.59 Å². The van der Waals surface area contributed by atoms with Crippen LogP contribution in [0.4, 0.5) is 0 Å². The van der Waals surface area contributed by atoms with Gasteiger partial charge < -0.3 is 10.4 Å². The molecule has 0 bridgehead atoms. The van der Waals surface area contributed by atoms with E-state index in [9.17, 15) is 9.59 Å². The van der Waals surface area contributed by atoms with Crippen molar-refractivity contribution >= 4 is 18.0 Å². The van der Waals surface area contributed by atoms with Crippen molar-refractivity contribution in [3.8, 4) is 0 Å². The van der Waals surface area contributed by atoms with Crippen LogP contribution in [0.3, 0.4) is 0 Å². The highest BCUT2D eigenvalue weighted by Gasteiger charge is 2.15. The van der Waals surface area contributed by atoms with E-state index in [2.05, 4.69) is 5.32 Å². The van der Waals surface area contributed by atoms with Gasteiger partial charge in [0.05, 0.1) is 0 Å². The summed E-state index contributed by atoms with van der Waals surface area (Å²) in [6.45, 7) is 1.30. The van der Waals surface area contributed by atoms with E-state index in [1.807, 2.05) is 36.4 Å². The molecule has 17 heavy (non-hydrogen) atoms. The molecule has 0 saturated carbocycles. The number of rotatable bonds is 5. The molecule has 0 aliphatic heterocycles. The third kappa shape index (κ3) is 4.97. The van der Waals surface area contributed by atoms with Gasteiger partial charge in [-0.25, -0.2) is 4.79 Å². The number of carboxylic acid groups (broad SMARTS) is 1. The fraction of sp³-hybridized carbons (Fsp3) is 0.231. The Labute approximate surface area is 100.0 Å². The average molecular weight is 233 g/mol. The summed E-state index contributed by atoms with van der Waals surface area (Å²) in [5.74, 6) is -1.37. The van der Waals surface area contributed by atoms with Gasteiger partial charge in [0.1, 0.15) is 6.04 Å². The largest absolute Gasteiger partial charge is 0.480 e. The van der Waals surface area contributed by atoms with Crippen molar-refractivity contribution in [1.29, 1.82) is 0 Å². The molecule has 0 aliphatic rings. The second kappa shape index (κ2) is 6.48. The lowest BCUT2D eigenvalue weighted by molar-refractivity contribution is -0.141. The molecular weight excluding hydrogens is 218 g/mol. The summed E-state index contributed by atoms with van der Waals surface area (Å²) in [5.41, 5.74) is 1.000. The first-order chi connectivity index (χ1) is 8.09. The molecule has 1 atom stereocenters. The van der Waals surface area contributed by atoms with Gasteiger partial charge >= 0.3 is 5.97 Å². The molecule has 0 radical (unpaired) electrons. The molecule has 1 aromatic rings. The van der Waals surface area contributed by atoms with Crippen LogP contribution in [0.2, 0.25) is 0 Å². The molecule has 4 nitrogen and oxygen atoms in total. The summed E-state index contributed by atoms with van der Waals surface area (Å²) in [6.07, 6.45) is 3.84. The maximum atomic E-state index is 10.8. The molecule has 1 amide bonds. The summed E-state index contributed by atoms with van der Waals surface area (Å²) in [7, 11) is 0. The quantitative estimate of drug-likeness (QED) is 0.813. The Kier molecular flexibility index (Phi) is 4.94. The molecule has 0 aromatic heterocycles. The Balaban J connectivity index is 2.55. The lowest BCUT2D eigenvalue weighted by atomic mass is 10.1. The molecule has 1 rings (SSSR count). The molecule has 1 aromatic carbocycles. The van der Waals surface area contributed by atoms with E-state index in [1.165, 1.54) is 6.92 Å². The Bertz CT molecular complexity index is 412. The lowest BCUT2D eigenvalue weighted by Gasteiger charge is -2.10. The predicted molar refractivity (Wildman–Crippen MR) is 65.3 cm³/mol. The van der Waals surface area contributed by atoms with E-state index in [0.29, 0.717) is 0 Å². The molecule has 0 aliphatic carbocycles. The van der Waals surface area contributed by atoms with Crippen LogP contribution in [0.15, 0.2) is 36.4 Å². The molecule has 0 unspecified atom stereocenters. The minimum atomic E-state index is -1.03. The number of benzene rings is 1. The highest BCUT2D eigenvalue weighted by atomic mass is 16.4. The van der Waals surface area contributed by atoms with Crippen molar-refractivity contribution in [1.82, 2.24) is 5.32 Å². The molecule has 2 N–H and O–H groups in total. The number of amides is 1. The van der Waals surface area contributed by atoms with Crippen molar-refractivity contribution in [3.05, 3.63) is 42.0 Å². The number of nitrogens with one attached hydrogen (secondary N) is 1. The van der Waals surface area contributed by atoms with E-state index < -0.39 is 12.0 Å². The number of carboxylic acids is 1. The maximum absolute atomic E-state index is 10.8. The number of hydrogen-bond acceptors (Lipinski definition) is 2. The Morgan fingerprint density at radius 1 is 1.35 bits per heavy atom. The van der Waals surface area contributed by atoms with Crippen molar-refractivity contribution in [2.24, 2.45) is 0 Å². The Hall–Kier alpha value is -2.10. The normalized spacial score (nSPS) is 12.3. The highest BCUT2D eigenvalue weighted by molar-refractivity contribution is 5.82. The SMILES string of the molecule is CC(=O)N[C@@H](C/C=C/c1ccccc1)C(=O)O. The first-order valence-electron chi connectivity index (χ1n) is 5.31. The Morgan fingerprint density at radius 3 is 2.53 bits per heavy atom. The summed E-state index contributed by atoms with van der Waals surface area (Å²) in [6, 6.07) is 8.70. The molecule has 0 fully saturated rings. The topological polar surface area (TPSA) is 66.4 Å². The molecule has 90 valence electrons. The summed E-state index contributed by atoms with van der Waals surface area (Å²) >= 11 is 0.